The van der Waals surface area contributed by atoms with Crippen LogP contribution in [-0.2, 0) is 0 Å². The molecule has 1 heterocycles. The predicted molar refractivity (Wildman–Crippen MR) is 108 cm³/mol. The van der Waals surface area contributed by atoms with E-state index in [1.807, 2.05) is 36.4 Å². The number of nitrogens with one attached hydrogen (secondary N) is 1. The van der Waals surface area contributed by atoms with Gasteiger partial charge in [0, 0.05) is 16.6 Å². The smallest absolute Gasteiger partial charge is 0.251 e. The van der Waals surface area contributed by atoms with Crippen LogP contribution < -0.4 is 10.1 Å². The standard InChI is InChI=1S/C21H25BrN2O2/c1-26-19-11-7-16(8-12-19)20(24-13-3-2-4-14-24)15-23-21(25)17-5-9-18(22)10-6-17/h5-12,20H,2-4,13-15H2,1H3,(H,23,25)/t20-/m0/s1. The van der Waals surface area contributed by atoms with Gasteiger partial charge in [0.2, 0.25) is 0 Å². The zero-order chi connectivity index (χ0) is 18.4. The monoisotopic (exact) mass is 416 g/mol. The lowest BCUT2D eigenvalue weighted by atomic mass is 10.0. The number of nitrogens with zero attached hydrogens (tertiary/aromatic N) is 1. The second kappa shape index (κ2) is 9.19. The molecule has 1 aliphatic rings. The number of rotatable bonds is 6. The van der Waals surface area contributed by atoms with Crippen LogP contribution in [0.5, 0.6) is 5.75 Å². The van der Waals surface area contributed by atoms with Gasteiger partial charge in [-0.1, -0.05) is 34.5 Å². The molecule has 0 aromatic heterocycles. The van der Waals surface area contributed by atoms with E-state index in [-0.39, 0.29) is 11.9 Å². The minimum absolute atomic E-state index is 0.0342. The van der Waals surface area contributed by atoms with Gasteiger partial charge in [0.25, 0.3) is 5.91 Å². The van der Waals surface area contributed by atoms with Gasteiger partial charge < -0.3 is 10.1 Å². The van der Waals surface area contributed by atoms with Crippen LogP contribution >= 0.6 is 15.9 Å². The van der Waals surface area contributed by atoms with Crippen LogP contribution in [0.1, 0.15) is 41.2 Å². The van der Waals surface area contributed by atoms with Crippen LogP contribution in [0.4, 0.5) is 0 Å². The van der Waals surface area contributed by atoms with Crippen LogP contribution in [0.15, 0.2) is 53.0 Å². The zero-order valence-electron chi connectivity index (χ0n) is 15.1. The molecule has 1 saturated heterocycles. The number of likely N-dealkylation sites (tertiary alicyclic amines) is 1. The number of carbonyl (C=O) groups is 1. The Morgan fingerprint density at radius 2 is 1.73 bits per heavy atom. The van der Waals surface area contributed by atoms with Crippen LogP contribution in [0.2, 0.25) is 0 Å². The normalized spacial score (nSPS) is 16.1. The summed E-state index contributed by atoms with van der Waals surface area (Å²) in [6.07, 6.45) is 3.72. The average molecular weight is 417 g/mol. The van der Waals surface area contributed by atoms with E-state index in [0.29, 0.717) is 12.1 Å². The Balaban J connectivity index is 1.72. The molecule has 138 valence electrons. The van der Waals surface area contributed by atoms with Crippen molar-refractivity contribution in [3.63, 3.8) is 0 Å². The Labute approximate surface area is 163 Å². The highest BCUT2D eigenvalue weighted by atomic mass is 79.9. The Bertz CT molecular complexity index is 710. The summed E-state index contributed by atoms with van der Waals surface area (Å²) >= 11 is 3.40. The fourth-order valence-corrected chi connectivity index (χ4v) is 3.67. The number of carbonyl (C=O) groups excluding carboxylic acids is 1. The molecule has 0 aliphatic carbocycles. The van der Waals surface area contributed by atoms with Crippen molar-refractivity contribution in [2.75, 3.05) is 26.7 Å². The third kappa shape index (κ3) is 4.86. The molecule has 3 rings (SSSR count). The summed E-state index contributed by atoms with van der Waals surface area (Å²) in [5, 5.41) is 3.12. The number of benzene rings is 2. The number of halogens is 1. The van der Waals surface area contributed by atoms with Gasteiger partial charge in [-0.2, -0.15) is 0 Å². The molecule has 1 atom stereocenters. The van der Waals surface area contributed by atoms with Crippen LogP contribution in [-0.4, -0.2) is 37.6 Å². The molecule has 1 fully saturated rings. The van der Waals surface area contributed by atoms with E-state index < -0.39 is 0 Å². The summed E-state index contributed by atoms with van der Waals surface area (Å²) in [6, 6.07) is 15.8. The number of hydrogen-bond acceptors (Lipinski definition) is 3. The van der Waals surface area contributed by atoms with Gasteiger partial charge in [-0.15, -0.1) is 0 Å². The second-order valence-electron chi connectivity index (χ2n) is 6.60. The Morgan fingerprint density at radius 3 is 2.35 bits per heavy atom. The van der Waals surface area contributed by atoms with Crippen molar-refractivity contribution in [3.8, 4) is 5.75 Å². The van der Waals surface area contributed by atoms with Gasteiger partial charge in [0.1, 0.15) is 5.75 Å². The highest BCUT2D eigenvalue weighted by Gasteiger charge is 2.23. The zero-order valence-corrected chi connectivity index (χ0v) is 16.7. The maximum Gasteiger partial charge on any atom is 0.251 e. The third-order valence-electron chi connectivity index (χ3n) is 4.89. The van der Waals surface area contributed by atoms with Gasteiger partial charge in [-0.05, 0) is 67.9 Å². The second-order valence-corrected chi connectivity index (χ2v) is 7.52. The van der Waals surface area contributed by atoms with E-state index in [1.165, 1.54) is 24.8 Å². The van der Waals surface area contributed by atoms with Gasteiger partial charge >= 0.3 is 0 Å². The molecule has 1 N–H and O–H groups in total. The maximum atomic E-state index is 12.5. The average Bonchev–Trinajstić information content (AvgIpc) is 2.70. The summed E-state index contributed by atoms with van der Waals surface area (Å²) in [5.41, 5.74) is 1.89. The minimum Gasteiger partial charge on any atom is -0.497 e. The number of hydrogen-bond donors (Lipinski definition) is 1. The molecule has 0 unspecified atom stereocenters. The predicted octanol–water partition coefficient (Wildman–Crippen LogP) is 4.41. The van der Waals surface area contributed by atoms with Crippen molar-refractivity contribution in [2.45, 2.75) is 25.3 Å². The van der Waals surface area contributed by atoms with E-state index in [1.54, 1.807) is 7.11 Å². The van der Waals surface area contributed by atoms with E-state index in [4.69, 9.17) is 4.74 Å². The number of methoxy groups -OCH3 is 1. The summed E-state index contributed by atoms with van der Waals surface area (Å²) in [6.45, 7) is 2.75. The minimum atomic E-state index is -0.0342. The third-order valence-corrected chi connectivity index (χ3v) is 5.42. The van der Waals surface area contributed by atoms with Crippen molar-refractivity contribution >= 4 is 21.8 Å². The van der Waals surface area contributed by atoms with Crippen molar-refractivity contribution in [2.24, 2.45) is 0 Å². The molecule has 0 spiro atoms. The van der Waals surface area contributed by atoms with E-state index in [2.05, 4.69) is 38.3 Å². The largest absolute Gasteiger partial charge is 0.497 e. The molecular weight excluding hydrogens is 392 g/mol. The fraction of sp³-hybridized carbons (Fsp3) is 0.381. The molecular formula is C21H25BrN2O2. The first-order valence-electron chi connectivity index (χ1n) is 9.09. The first-order valence-corrected chi connectivity index (χ1v) is 9.88. The molecule has 26 heavy (non-hydrogen) atoms. The molecule has 1 amide bonds. The molecule has 1 aliphatic heterocycles. The SMILES string of the molecule is COc1ccc([C@H](CNC(=O)c2ccc(Br)cc2)N2CCCCC2)cc1. The van der Waals surface area contributed by atoms with Crippen molar-refractivity contribution in [3.05, 3.63) is 64.1 Å². The van der Waals surface area contributed by atoms with E-state index in [0.717, 1.165) is 23.3 Å². The van der Waals surface area contributed by atoms with Gasteiger partial charge in [-0.3, -0.25) is 9.69 Å². The molecule has 4 nitrogen and oxygen atoms in total. The van der Waals surface area contributed by atoms with E-state index in [9.17, 15) is 4.79 Å². The molecule has 0 radical (unpaired) electrons. The summed E-state index contributed by atoms with van der Waals surface area (Å²) < 4.78 is 6.24. The van der Waals surface area contributed by atoms with Crippen molar-refractivity contribution < 1.29 is 9.53 Å². The maximum absolute atomic E-state index is 12.5. The van der Waals surface area contributed by atoms with Crippen molar-refractivity contribution in [1.29, 1.82) is 0 Å². The Morgan fingerprint density at radius 1 is 1.08 bits per heavy atom. The quantitative estimate of drug-likeness (QED) is 0.757. The van der Waals surface area contributed by atoms with Crippen LogP contribution in [0.25, 0.3) is 0 Å². The lowest BCUT2D eigenvalue weighted by molar-refractivity contribution is 0.0924. The number of ether oxygens (including phenoxy) is 1. The van der Waals surface area contributed by atoms with Crippen molar-refractivity contribution in [1.82, 2.24) is 10.2 Å². The summed E-state index contributed by atoms with van der Waals surface area (Å²) in [5.74, 6) is 0.818. The van der Waals surface area contributed by atoms with Gasteiger partial charge in [0.05, 0.1) is 13.2 Å². The first-order chi connectivity index (χ1) is 12.7. The van der Waals surface area contributed by atoms with Crippen LogP contribution in [0.3, 0.4) is 0 Å². The summed E-state index contributed by atoms with van der Waals surface area (Å²) in [4.78, 5) is 15.0. The Hall–Kier alpha value is -1.85. The van der Waals surface area contributed by atoms with Gasteiger partial charge in [0.15, 0.2) is 0 Å². The molecule has 5 heteroatoms. The lowest BCUT2D eigenvalue weighted by Gasteiger charge is -2.35. The summed E-state index contributed by atoms with van der Waals surface area (Å²) in [7, 11) is 1.68. The van der Waals surface area contributed by atoms with E-state index >= 15 is 0 Å². The number of piperidine rings is 1. The Kier molecular flexibility index (Phi) is 6.69. The topological polar surface area (TPSA) is 41.6 Å². The molecule has 2 aromatic carbocycles. The highest BCUT2D eigenvalue weighted by molar-refractivity contribution is 9.10. The fourth-order valence-electron chi connectivity index (χ4n) is 3.41. The molecule has 0 saturated carbocycles. The lowest BCUT2D eigenvalue weighted by Crippen LogP contribution is -2.40. The highest BCUT2D eigenvalue weighted by Crippen LogP contribution is 2.26. The molecule has 0 bridgehead atoms. The number of amides is 1. The van der Waals surface area contributed by atoms with Gasteiger partial charge in [-0.25, -0.2) is 0 Å². The first kappa shape index (κ1) is 18.9. The molecule has 2 aromatic rings. The van der Waals surface area contributed by atoms with Crippen LogP contribution in [0, 0.1) is 0 Å².